The highest BCUT2D eigenvalue weighted by Crippen LogP contribution is 2.57. The van der Waals surface area contributed by atoms with Crippen molar-refractivity contribution in [2.75, 3.05) is 0 Å². The maximum atomic E-state index is 10.4. The molecule has 0 heterocycles. The van der Waals surface area contributed by atoms with Gasteiger partial charge in [-0.1, -0.05) is 13.5 Å². The van der Waals surface area contributed by atoms with E-state index in [4.69, 9.17) is 0 Å². The average Bonchev–Trinajstić information content (AvgIpc) is 2.43. The molecule has 2 aliphatic rings. The van der Waals surface area contributed by atoms with Crippen molar-refractivity contribution in [2.45, 2.75) is 64.3 Å². The topological polar surface area (TPSA) is 60.7 Å². The molecular weight excluding hydrogens is 228 g/mol. The monoisotopic (exact) mass is 254 g/mol. The first kappa shape index (κ1) is 14.0. The van der Waals surface area contributed by atoms with Crippen molar-refractivity contribution in [1.82, 2.24) is 0 Å². The Bertz CT molecular complexity index is 344. The quantitative estimate of drug-likeness (QED) is 0.626. The Labute approximate surface area is 110 Å². The van der Waals surface area contributed by atoms with E-state index in [1.807, 2.05) is 13.8 Å². The summed E-state index contributed by atoms with van der Waals surface area (Å²) in [4.78, 5) is 0. The normalized spacial score (nSPS) is 45.8. The fourth-order valence-electron chi connectivity index (χ4n) is 3.96. The summed E-state index contributed by atoms with van der Waals surface area (Å²) < 4.78 is 0. The van der Waals surface area contributed by atoms with Crippen molar-refractivity contribution in [3.8, 4) is 0 Å². The largest absolute Gasteiger partial charge is 0.393 e. The van der Waals surface area contributed by atoms with Crippen LogP contribution in [0, 0.1) is 17.3 Å². The second-order valence-corrected chi connectivity index (χ2v) is 7.04. The van der Waals surface area contributed by atoms with E-state index >= 15 is 0 Å². The third-order valence-electron chi connectivity index (χ3n) is 5.39. The van der Waals surface area contributed by atoms with Crippen LogP contribution in [0.4, 0.5) is 0 Å². The predicted octanol–water partition coefficient (Wildman–Crippen LogP) is 1.86. The maximum absolute atomic E-state index is 10.4. The summed E-state index contributed by atoms with van der Waals surface area (Å²) in [6.07, 6.45) is 1.98. The minimum Gasteiger partial charge on any atom is -0.393 e. The number of rotatable bonds is 1. The van der Waals surface area contributed by atoms with Crippen LogP contribution in [0.3, 0.4) is 0 Å². The van der Waals surface area contributed by atoms with Crippen LogP contribution >= 0.6 is 0 Å². The van der Waals surface area contributed by atoms with E-state index in [1.165, 1.54) is 0 Å². The molecule has 0 aliphatic heterocycles. The summed E-state index contributed by atoms with van der Waals surface area (Å²) >= 11 is 0. The Kier molecular flexibility index (Phi) is 3.37. The van der Waals surface area contributed by atoms with Gasteiger partial charge in [0, 0.05) is 0 Å². The second-order valence-electron chi connectivity index (χ2n) is 7.04. The highest BCUT2D eigenvalue weighted by molar-refractivity contribution is 5.14. The molecule has 3 N–H and O–H groups in total. The van der Waals surface area contributed by atoms with Crippen molar-refractivity contribution >= 4 is 0 Å². The molecule has 2 fully saturated rings. The van der Waals surface area contributed by atoms with Crippen molar-refractivity contribution in [3.63, 3.8) is 0 Å². The van der Waals surface area contributed by atoms with E-state index in [2.05, 4.69) is 13.5 Å². The van der Waals surface area contributed by atoms with E-state index in [1.54, 1.807) is 0 Å². The summed E-state index contributed by atoms with van der Waals surface area (Å²) in [6, 6.07) is 0. The lowest BCUT2D eigenvalue weighted by atomic mass is 9.69. The molecule has 5 atom stereocenters. The van der Waals surface area contributed by atoms with Crippen LogP contribution in [0.15, 0.2) is 12.2 Å². The van der Waals surface area contributed by atoms with Gasteiger partial charge < -0.3 is 15.3 Å². The molecule has 0 aromatic rings. The minimum absolute atomic E-state index is 0.0690. The number of fused-ring (bicyclic) bond motifs is 1. The van der Waals surface area contributed by atoms with E-state index in [0.29, 0.717) is 19.3 Å². The van der Waals surface area contributed by atoms with E-state index in [-0.39, 0.29) is 17.3 Å². The lowest BCUT2D eigenvalue weighted by Crippen LogP contribution is -2.38. The fourth-order valence-corrected chi connectivity index (χ4v) is 3.96. The Morgan fingerprint density at radius 3 is 2.50 bits per heavy atom. The molecule has 2 saturated carbocycles. The first-order valence-electron chi connectivity index (χ1n) is 6.92. The molecular formula is C15H26O3. The number of aliphatic hydroxyl groups is 3. The molecule has 1 unspecified atom stereocenters. The molecule has 0 spiro atoms. The lowest BCUT2D eigenvalue weighted by molar-refractivity contribution is -0.0160. The highest BCUT2D eigenvalue weighted by Gasteiger charge is 2.55. The van der Waals surface area contributed by atoms with Crippen LogP contribution in [0.2, 0.25) is 0 Å². The lowest BCUT2D eigenvalue weighted by Gasteiger charge is -2.38. The zero-order chi connectivity index (χ0) is 13.7. The van der Waals surface area contributed by atoms with Crippen LogP contribution in [0.1, 0.15) is 46.5 Å². The minimum atomic E-state index is -0.793. The van der Waals surface area contributed by atoms with Gasteiger partial charge in [-0.2, -0.15) is 0 Å². The second kappa shape index (κ2) is 4.32. The molecule has 2 aliphatic carbocycles. The molecule has 2 rings (SSSR count). The number of hydrogen-bond acceptors (Lipinski definition) is 3. The zero-order valence-electron chi connectivity index (χ0n) is 11.7. The molecule has 0 amide bonds. The Morgan fingerprint density at radius 1 is 1.33 bits per heavy atom. The Hall–Kier alpha value is -0.380. The Morgan fingerprint density at radius 2 is 1.94 bits per heavy atom. The SMILES string of the molecule is C=C1C[C@@H]2C(C(C)(C)O)C[C@H](O)[C@@]2(C)CC[C@H]1O. The standard InChI is InChI=1S/C15H26O3/c1-9-7-11-10(14(2,3)18)8-13(17)15(11,4)6-5-12(9)16/h10-13,16-18H,1,5-8H2,2-4H3/t10?,11-,12-,13+,15+/m1/s1. The van der Waals surface area contributed by atoms with Gasteiger partial charge in [0.2, 0.25) is 0 Å². The van der Waals surface area contributed by atoms with Gasteiger partial charge in [-0.25, -0.2) is 0 Å². The van der Waals surface area contributed by atoms with Crippen LogP contribution in [-0.2, 0) is 0 Å². The summed E-state index contributed by atoms with van der Waals surface area (Å²) in [5.41, 5.74) is -0.142. The van der Waals surface area contributed by atoms with Crippen molar-refractivity contribution in [2.24, 2.45) is 17.3 Å². The van der Waals surface area contributed by atoms with Gasteiger partial charge in [-0.15, -0.1) is 0 Å². The van der Waals surface area contributed by atoms with Gasteiger partial charge in [0.25, 0.3) is 0 Å². The predicted molar refractivity (Wildman–Crippen MR) is 71.0 cm³/mol. The van der Waals surface area contributed by atoms with Gasteiger partial charge in [0.15, 0.2) is 0 Å². The third-order valence-corrected chi connectivity index (χ3v) is 5.39. The molecule has 18 heavy (non-hydrogen) atoms. The van der Waals surface area contributed by atoms with Crippen LogP contribution in [0.25, 0.3) is 0 Å². The summed E-state index contributed by atoms with van der Waals surface area (Å²) in [5.74, 6) is 0.275. The summed E-state index contributed by atoms with van der Waals surface area (Å²) in [5, 5.41) is 30.7. The van der Waals surface area contributed by atoms with E-state index in [0.717, 1.165) is 12.0 Å². The van der Waals surface area contributed by atoms with Gasteiger partial charge >= 0.3 is 0 Å². The summed E-state index contributed by atoms with van der Waals surface area (Å²) in [7, 11) is 0. The zero-order valence-corrected chi connectivity index (χ0v) is 11.7. The Balaban J connectivity index is 2.34. The summed E-state index contributed by atoms with van der Waals surface area (Å²) in [6.45, 7) is 9.71. The van der Waals surface area contributed by atoms with Crippen molar-refractivity contribution in [1.29, 1.82) is 0 Å². The molecule has 0 radical (unpaired) electrons. The smallest absolute Gasteiger partial charge is 0.0747 e. The van der Waals surface area contributed by atoms with Crippen LogP contribution < -0.4 is 0 Å². The molecule has 3 nitrogen and oxygen atoms in total. The maximum Gasteiger partial charge on any atom is 0.0747 e. The number of aliphatic hydroxyl groups excluding tert-OH is 2. The van der Waals surface area contributed by atoms with Crippen LogP contribution in [-0.4, -0.2) is 33.1 Å². The fraction of sp³-hybridized carbons (Fsp3) is 0.867. The first-order valence-corrected chi connectivity index (χ1v) is 6.92. The van der Waals surface area contributed by atoms with Gasteiger partial charge in [-0.3, -0.25) is 0 Å². The number of hydrogen-bond donors (Lipinski definition) is 3. The molecule has 0 bridgehead atoms. The first-order chi connectivity index (χ1) is 8.16. The molecule has 3 heteroatoms. The molecule has 104 valence electrons. The molecule has 0 aromatic carbocycles. The highest BCUT2D eigenvalue weighted by atomic mass is 16.3. The van der Waals surface area contributed by atoms with Gasteiger partial charge in [-0.05, 0) is 62.4 Å². The van der Waals surface area contributed by atoms with Gasteiger partial charge in [0.05, 0.1) is 17.8 Å². The van der Waals surface area contributed by atoms with Crippen molar-refractivity contribution < 1.29 is 15.3 Å². The van der Waals surface area contributed by atoms with E-state index in [9.17, 15) is 15.3 Å². The average molecular weight is 254 g/mol. The molecule has 0 aromatic heterocycles. The van der Waals surface area contributed by atoms with E-state index < -0.39 is 17.8 Å². The molecule has 0 saturated heterocycles. The van der Waals surface area contributed by atoms with Crippen molar-refractivity contribution in [3.05, 3.63) is 12.2 Å². The van der Waals surface area contributed by atoms with Crippen LogP contribution in [0.5, 0.6) is 0 Å². The van der Waals surface area contributed by atoms with Gasteiger partial charge in [0.1, 0.15) is 0 Å². The third kappa shape index (κ3) is 2.13.